The summed E-state index contributed by atoms with van der Waals surface area (Å²) in [5, 5.41) is 6.04. The molecule has 0 N–H and O–H groups in total. The number of piperidine rings is 1. The Kier molecular flexibility index (Phi) is 4.71. The van der Waals surface area contributed by atoms with Gasteiger partial charge in [-0.2, -0.15) is 4.98 Å². The van der Waals surface area contributed by atoms with Gasteiger partial charge in [-0.3, -0.25) is 4.79 Å². The van der Waals surface area contributed by atoms with Crippen LogP contribution in [0.2, 0.25) is 0 Å². The Hall–Kier alpha value is -2.67. The van der Waals surface area contributed by atoms with Crippen LogP contribution in [0.3, 0.4) is 0 Å². The molecule has 2 aromatic heterocycles. The fourth-order valence-electron chi connectivity index (χ4n) is 3.20. The van der Waals surface area contributed by atoms with Crippen molar-refractivity contribution in [3.63, 3.8) is 0 Å². The molecule has 1 saturated heterocycles. The Balaban J connectivity index is 1.51. The van der Waals surface area contributed by atoms with Gasteiger partial charge in [-0.05, 0) is 36.4 Å². The summed E-state index contributed by atoms with van der Waals surface area (Å²) in [6.45, 7) is 1.38. The third-order valence-electron chi connectivity index (χ3n) is 4.56. The fourth-order valence-corrected chi connectivity index (χ4v) is 3.89. The number of methoxy groups -OCH3 is 1. The standard InChI is InChI=1S/C19H19N3O3S/c1-24-15-7-2-5-13(11-15)17-20-18(25-21-17)14-6-3-9-22(12-14)19(23)16-8-4-10-26-16/h2,4-5,7-8,10-11,14H,3,6,9,12H2,1H3/t14-/m0/s1. The van der Waals surface area contributed by atoms with Gasteiger partial charge in [0.2, 0.25) is 11.7 Å². The van der Waals surface area contributed by atoms with E-state index in [0.717, 1.165) is 35.6 Å². The maximum absolute atomic E-state index is 12.6. The van der Waals surface area contributed by atoms with Crippen molar-refractivity contribution in [1.82, 2.24) is 15.0 Å². The van der Waals surface area contributed by atoms with Crippen molar-refractivity contribution < 1.29 is 14.1 Å². The van der Waals surface area contributed by atoms with Crippen molar-refractivity contribution in [1.29, 1.82) is 0 Å². The molecule has 0 spiro atoms. The number of carbonyl (C=O) groups excluding carboxylic acids is 1. The van der Waals surface area contributed by atoms with Crippen LogP contribution in [-0.2, 0) is 0 Å². The number of amides is 1. The molecule has 1 aliphatic rings. The van der Waals surface area contributed by atoms with Gasteiger partial charge in [-0.15, -0.1) is 11.3 Å². The van der Waals surface area contributed by atoms with Crippen molar-refractivity contribution >= 4 is 17.2 Å². The minimum atomic E-state index is 0.0690. The summed E-state index contributed by atoms with van der Waals surface area (Å²) in [6, 6.07) is 11.3. The van der Waals surface area contributed by atoms with E-state index >= 15 is 0 Å². The summed E-state index contributed by atoms with van der Waals surface area (Å²) >= 11 is 1.47. The first kappa shape index (κ1) is 16.8. The highest BCUT2D eigenvalue weighted by molar-refractivity contribution is 7.12. The van der Waals surface area contributed by atoms with Crippen molar-refractivity contribution in [2.75, 3.05) is 20.2 Å². The molecular weight excluding hydrogens is 350 g/mol. The first-order valence-corrected chi connectivity index (χ1v) is 9.43. The lowest BCUT2D eigenvalue weighted by atomic mass is 9.98. The molecule has 1 aromatic carbocycles. The van der Waals surface area contributed by atoms with E-state index in [2.05, 4.69) is 10.1 Å². The number of carbonyl (C=O) groups is 1. The van der Waals surface area contributed by atoms with Crippen molar-refractivity contribution in [2.24, 2.45) is 0 Å². The number of benzene rings is 1. The third kappa shape index (κ3) is 3.35. The molecule has 134 valence electrons. The SMILES string of the molecule is COc1cccc(-c2noc([C@H]3CCCN(C(=O)c4cccs4)C3)n2)c1. The van der Waals surface area contributed by atoms with Crippen LogP contribution < -0.4 is 4.74 Å². The van der Waals surface area contributed by atoms with E-state index < -0.39 is 0 Å². The molecule has 0 aliphatic carbocycles. The first-order valence-electron chi connectivity index (χ1n) is 8.55. The Morgan fingerprint density at radius 3 is 3.08 bits per heavy atom. The zero-order chi connectivity index (χ0) is 17.9. The van der Waals surface area contributed by atoms with E-state index in [1.165, 1.54) is 11.3 Å². The van der Waals surface area contributed by atoms with Gasteiger partial charge in [-0.25, -0.2) is 0 Å². The Labute approximate surface area is 155 Å². The molecule has 0 bridgehead atoms. The van der Waals surface area contributed by atoms with Crippen LogP contribution in [0.4, 0.5) is 0 Å². The number of thiophene rings is 1. The van der Waals surface area contributed by atoms with Crippen molar-refractivity contribution in [2.45, 2.75) is 18.8 Å². The molecular formula is C19H19N3O3S. The molecule has 4 rings (SSSR count). The van der Waals surface area contributed by atoms with Crippen molar-refractivity contribution in [3.05, 3.63) is 52.5 Å². The molecule has 0 unspecified atom stereocenters. The van der Waals surface area contributed by atoms with E-state index in [-0.39, 0.29) is 11.8 Å². The maximum atomic E-state index is 12.6. The zero-order valence-electron chi connectivity index (χ0n) is 14.4. The largest absolute Gasteiger partial charge is 0.497 e. The molecule has 0 radical (unpaired) electrons. The number of rotatable bonds is 4. The highest BCUT2D eigenvalue weighted by Gasteiger charge is 2.29. The van der Waals surface area contributed by atoms with E-state index in [4.69, 9.17) is 9.26 Å². The molecule has 7 heteroatoms. The van der Waals surface area contributed by atoms with Gasteiger partial charge < -0.3 is 14.2 Å². The quantitative estimate of drug-likeness (QED) is 0.699. The van der Waals surface area contributed by atoms with E-state index in [9.17, 15) is 4.79 Å². The molecule has 6 nitrogen and oxygen atoms in total. The highest BCUT2D eigenvalue weighted by Crippen LogP contribution is 2.29. The summed E-state index contributed by atoms with van der Waals surface area (Å²) < 4.78 is 10.8. The zero-order valence-corrected chi connectivity index (χ0v) is 15.2. The smallest absolute Gasteiger partial charge is 0.263 e. The van der Waals surface area contributed by atoms with Gasteiger partial charge in [0.1, 0.15) is 5.75 Å². The summed E-state index contributed by atoms with van der Waals surface area (Å²) in [5.41, 5.74) is 0.849. The molecule has 1 fully saturated rings. The van der Waals surface area contributed by atoms with E-state index in [1.807, 2.05) is 46.7 Å². The van der Waals surface area contributed by atoms with Crippen LogP contribution in [0, 0.1) is 0 Å². The maximum Gasteiger partial charge on any atom is 0.263 e. The predicted molar refractivity (Wildman–Crippen MR) is 98.5 cm³/mol. The van der Waals surface area contributed by atoms with Gasteiger partial charge in [0, 0.05) is 18.7 Å². The highest BCUT2D eigenvalue weighted by atomic mass is 32.1. The number of hydrogen-bond donors (Lipinski definition) is 0. The van der Waals surface area contributed by atoms with Gasteiger partial charge in [-0.1, -0.05) is 23.4 Å². The monoisotopic (exact) mass is 369 g/mol. The number of likely N-dealkylation sites (tertiary alicyclic amines) is 1. The summed E-state index contributed by atoms with van der Waals surface area (Å²) in [7, 11) is 1.63. The summed E-state index contributed by atoms with van der Waals surface area (Å²) in [5.74, 6) is 2.03. The average molecular weight is 369 g/mol. The van der Waals surface area contributed by atoms with Crippen LogP contribution in [-0.4, -0.2) is 41.1 Å². The molecule has 1 amide bonds. The Morgan fingerprint density at radius 2 is 2.27 bits per heavy atom. The van der Waals surface area contributed by atoms with Gasteiger partial charge in [0.25, 0.3) is 5.91 Å². The summed E-state index contributed by atoms with van der Waals surface area (Å²) in [4.78, 5) is 19.8. The lowest BCUT2D eigenvalue weighted by Crippen LogP contribution is -2.38. The van der Waals surface area contributed by atoms with Crippen LogP contribution in [0.25, 0.3) is 11.4 Å². The number of nitrogens with zero attached hydrogens (tertiary/aromatic N) is 3. The fraction of sp³-hybridized carbons (Fsp3) is 0.316. The second-order valence-corrected chi connectivity index (χ2v) is 7.20. The average Bonchev–Trinajstić information content (AvgIpc) is 3.39. The molecule has 3 heterocycles. The van der Waals surface area contributed by atoms with Crippen LogP contribution in [0.5, 0.6) is 5.75 Å². The number of ether oxygens (including phenoxy) is 1. The Morgan fingerprint density at radius 1 is 1.35 bits per heavy atom. The van der Waals surface area contributed by atoms with Crippen LogP contribution in [0.15, 0.2) is 46.3 Å². The summed E-state index contributed by atoms with van der Waals surface area (Å²) in [6.07, 6.45) is 1.87. The molecule has 0 saturated carbocycles. The van der Waals surface area contributed by atoms with Gasteiger partial charge >= 0.3 is 0 Å². The molecule has 1 aliphatic heterocycles. The lowest BCUT2D eigenvalue weighted by Gasteiger charge is -2.30. The first-order chi connectivity index (χ1) is 12.7. The minimum absolute atomic E-state index is 0.0690. The van der Waals surface area contributed by atoms with Crippen molar-refractivity contribution in [3.8, 4) is 17.1 Å². The Bertz CT molecular complexity index is 891. The van der Waals surface area contributed by atoms with Crippen LogP contribution in [0.1, 0.15) is 34.3 Å². The second-order valence-electron chi connectivity index (χ2n) is 6.26. The number of aromatic nitrogens is 2. The predicted octanol–water partition coefficient (Wildman–Crippen LogP) is 3.83. The second kappa shape index (κ2) is 7.29. The molecule has 26 heavy (non-hydrogen) atoms. The van der Waals surface area contributed by atoms with Gasteiger partial charge in [0.05, 0.1) is 17.9 Å². The minimum Gasteiger partial charge on any atom is -0.497 e. The molecule has 3 aromatic rings. The van der Waals surface area contributed by atoms with E-state index in [0.29, 0.717) is 18.3 Å². The topological polar surface area (TPSA) is 68.5 Å². The van der Waals surface area contributed by atoms with Gasteiger partial charge in [0.15, 0.2) is 0 Å². The normalized spacial score (nSPS) is 17.3. The number of hydrogen-bond acceptors (Lipinski definition) is 6. The van der Waals surface area contributed by atoms with E-state index in [1.54, 1.807) is 7.11 Å². The lowest BCUT2D eigenvalue weighted by molar-refractivity contribution is 0.0700. The molecule has 1 atom stereocenters. The third-order valence-corrected chi connectivity index (χ3v) is 5.42. The van der Waals surface area contributed by atoms with Crippen LogP contribution >= 0.6 is 11.3 Å².